The molecule has 0 unspecified atom stereocenters. The second-order valence-electron chi connectivity index (χ2n) is 5.68. The number of hydrogen-bond acceptors (Lipinski definition) is 4. The molecule has 5 nitrogen and oxygen atoms in total. The van der Waals surface area contributed by atoms with Crippen molar-refractivity contribution in [1.29, 1.82) is 0 Å². The van der Waals surface area contributed by atoms with Crippen LogP contribution < -0.4 is 14.4 Å². The molecule has 0 aliphatic carbocycles. The number of nitrogens with zero attached hydrogens (tertiary/aromatic N) is 1. The molecular formula is C18H14F3NO4. The van der Waals surface area contributed by atoms with Crippen LogP contribution in [0.4, 0.5) is 18.9 Å². The Bertz CT molecular complexity index is 864. The lowest BCUT2D eigenvalue weighted by atomic mass is 10.1. The Balaban J connectivity index is 1.72. The molecule has 0 N–H and O–H groups in total. The van der Waals surface area contributed by atoms with Crippen LogP contribution in [-0.4, -0.2) is 31.2 Å². The Hall–Kier alpha value is -3.03. The van der Waals surface area contributed by atoms with Crippen molar-refractivity contribution < 1.29 is 32.2 Å². The highest BCUT2D eigenvalue weighted by molar-refractivity contribution is 6.52. The lowest BCUT2D eigenvalue weighted by Gasteiger charge is -2.17. The molecule has 8 heteroatoms. The zero-order valence-electron chi connectivity index (χ0n) is 13.7. The van der Waals surface area contributed by atoms with Crippen molar-refractivity contribution in [3.8, 4) is 11.5 Å². The molecule has 0 radical (unpaired) electrons. The number of carbonyl (C=O) groups excluding carboxylic acids is 2. The van der Waals surface area contributed by atoms with Crippen LogP contribution in [0.5, 0.6) is 11.5 Å². The van der Waals surface area contributed by atoms with Crippen molar-refractivity contribution in [3.05, 3.63) is 53.6 Å². The molecule has 1 heterocycles. The van der Waals surface area contributed by atoms with E-state index in [0.29, 0.717) is 5.75 Å². The van der Waals surface area contributed by atoms with Gasteiger partial charge >= 0.3 is 6.36 Å². The zero-order chi connectivity index (χ0) is 18.9. The maximum Gasteiger partial charge on any atom is 0.573 e. The molecule has 136 valence electrons. The average Bonchev–Trinajstić information content (AvgIpc) is 2.78. The molecule has 0 saturated carbocycles. The topological polar surface area (TPSA) is 55.8 Å². The third kappa shape index (κ3) is 3.79. The molecule has 3 rings (SSSR count). The second kappa shape index (κ2) is 6.70. The Kier molecular flexibility index (Phi) is 4.58. The van der Waals surface area contributed by atoms with Crippen LogP contribution in [0, 0.1) is 6.92 Å². The number of aryl methyl sites for hydroxylation is 1. The Morgan fingerprint density at radius 3 is 2.50 bits per heavy atom. The SMILES string of the molecule is Cc1cccc(OCCN2C(=O)C(=O)c3cc(OC(F)(F)F)ccc32)c1. The summed E-state index contributed by atoms with van der Waals surface area (Å²) in [6.07, 6.45) is -4.87. The first-order valence-electron chi connectivity index (χ1n) is 7.70. The minimum atomic E-state index is -4.87. The summed E-state index contributed by atoms with van der Waals surface area (Å²) in [6.45, 7) is 2.13. The van der Waals surface area contributed by atoms with E-state index in [1.807, 2.05) is 25.1 Å². The molecule has 2 aromatic rings. The van der Waals surface area contributed by atoms with E-state index in [0.717, 1.165) is 17.7 Å². The molecule has 0 aromatic heterocycles. The maximum atomic E-state index is 12.3. The van der Waals surface area contributed by atoms with E-state index in [1.165, 1.54) is 11.0 Å². The number of alkyl halides is 3. The Morgan fingerprint density at radius 2 is 1.81 bits per heavy atom. The lowest BCUT2D eigenvalue weighted by Crippen LogP contribution is -2.33. The van der Waals surface area contributed by atoms with Gasteiger partial charge in [-0.3, -0.25) is 9.59 Å². The smallest absolute Gasteiger partial charge is 0.492 e. The van der Waals surface area contributed by atoms with Crippen molar-refractivity contribution in [3.63, 3.8) is 0 Å². The van der Waals surface area contributed by atoms with Crippen LogP contribution in [0.15, 0.2) is 42.5 Å². The van der Waals surface area contributed by atoms with E-state index >= 15 is 0 Å². The number of ketones is 1. The van der Waals surface area contributed by atoms with Gasteiger partial charge in [-0.2, -0.15) is 0 Å². The number of hydrogen-bond donors (Lipinski definition) is 0. The molecule has 1 amide bonds. The van der Waals surface area contributed by atoms with E-state index in [9.17, 15) is 22.8 Å². The van der Waals surface area contributed by atoms with Gasteiger partial charge in [0.15, 0.2) is 0 Å². The van der Waals surface area contributed by atoms with Crippen LogP contribution in [0.1, 0.15) is 15.9 Å². The van der Waals surface area contributed by atoms with Gasteiger partial charge in [0.2, 0.25) is 0 Å². The van der Waals surface area contributed by atoms with Gasteiger partial charge in [-0.1, -0.05) is 12.1 Å². The number of Topliss-reactive ketones (excluding diaryl/α,β-unsaturated/α-hetero) is 1. The number of halogens is 3. The van der Waals surface area contributed by atoms with Gasteiger partial charge in [0, 0.05) is 0 Å². The summed E-state index contributed by atoms with van der Waals surface area (Å²) in [5, 5.41) is 0. The largest absolute Gasteiger partial charge is 0.573 e. The summed E-state index contributed by atoms with van der Waals surface area (Å²) in [6, 6.07) is 10.6. The minimum absolute atomic E-state index is 0.0883. The van der Waals surface area contributed by atoms with Gasteiger partial charge in [0.1, 0.15) is 18.1 Å². The van der Waals surface area contributed by atoms with Crippen molar-refractivity contribution in [2.45, 2.75) is 13.3 Å². The summed E-state index contributed by atoms with van der Waals surface area (Å²) in [5.41, 5.74) is 1.13. The number of ether oxygens (including phenoxy) is 2. The van der Waals surface area contributed by atoms with Gasteiger partial charge < -0.3 is 14.4 Å². The van der Waals surface area contributed by atoms with E-state index in [2.05, 4.69) is 4.74 Å². The number of amides is 1. The molecule has 0 fully saturated rings. The van der Waals surface area contributed by atoms with Crippen LogP contribution in [0.25, 0.3) is 0 Å². The fraction of sp³-hybridized carbons (Fsp3) is 0.222. The van der Waals surface area contributed by atoms with Gasteiger partial charge in [0.25, 0.3) is 11.7 Å². The van der Waals surface area contributed by atoms with Crippen molar-refractivity contribution in [2.75, 3.05) is 18.1 Å². The summed E-state index contributed by atoms with van der Waals surface area (Å²) in [7, 11) is 0. The quantitative estimate of drug-likeness (QED) is 0.761. The first kappa shape index (κ1) is 17.8. The van der Waals surface area contributed by atoms with E-state index in [1.54, 1.807) is 6.07 Å². The van der Waals surface area contributed by atoms with Gasteiger partial charge in [-0.05, 0) is 42.8 Å². The second-order valence-corrected chi connectivity index (χ2v) is 5.68. The fourth-order valence-electron chi connectivity index (χ4n) is 2.66. The molecule has 2 aromatic carbocycles. The van der Waals surface area contributed by atoms with Crippen molar-refractivity contribution in [2.24, 2.45) is 0 Å². The number of anilines is 1. The summed E-state index contributed by atoms with van der Waals surface area (Å²) in [5.74, 6) is -1.60. The van der Waals surface area contributed by atoms with Crippen LogP contribution in [-0.2, 0) is 4.79 Å². The predicted octanol–water partition coefficient (Wildman–Crippen LogP) is 3.50. The third-order valence-electron chi connectivity index (χ3n) is 3.75. The van der Waals surface area contributed by atoms with Crippen molar-refractivity contribution in [1.82, 2.24) is 0 Å². The third-order valence-corrected chi connectivity index (χ3v) is 3.75. The summed E-state index contributed by atoms with van der Waals surface area (Å²) in [4.78, 5) is 25.3. The maximum absolute atomic E-state index is 12.3. The standard InChI is InChI=1S/C18H14F3NO4/c1-11-3-2-4-12(9-11)25-8-7-22-15-6-5-13(26-18(19,20)21)10-14(15)16(23)17(22)24/h2-6,9-10H,7-8H2,1H3. The Labute approximate surface area is 146 Å². The van der Waals surface area contributed by atoms with Gasteiger partial charge in [-0.25, -0.2) is 0 Å². The number of fused-ring (bicyclic) bond motifs is 1. The van der Waals surface area contributed by atoms with Crippen LogP contribution >= 0.6 is 0 Å². The minimum Gasteiger partial charge on any atom is -0.492 e. The monoisotopic (exact) mass is 365 g/mol. The highest BCUT2D eigenvalue weighted by Crippen LogP contribution is 2.33. The number of rotatable bonds is 5. The molecule has 0 spiro atoms. The van der Waals surface area contributed by atoms with E-state index in [-0.39, 0.29) is 24.4 Å². The molecule has 1 aliphatic heterocycles. The predicted molar refractivity (Wildman–Crippen MR) is 86.5 cm³/mol. The normalized spacial score (nSPS) is 13.8. The zero-order valence-corrected chi connectivity index (χ0v) is 13.7. The van der Waals surface area contributed by atoms with E-state index in [4.69, 9.17) is 4.74 Å². The van der Waals surface area contributed by atoms with Gasteiger partial charge in [-0.15, -0.1) is 13.2 Å². The number of carbonyl (C=O) groups is 2. The summed E-state index contributed by atoms with van der Waals surface area (Å²) < 4.78 is 46.2. The molecular weight excluding hydrogens is 351 g/mol. The molecule has 0 atom stereocenters. The van der Waals surface area contributed by atoms with Crippen molar-refractivity contribution >= 4 is 17.4 Å². The van der Waals surface area contributed by atoms with Crippen LogP contribution in [0.2, 0.25) is 0 Å². The average molecular weight is 365 g/mol. The summed E-state index contributed by atoms with van der Waals surface area (Å²) >= 11 is 0. The molecule has 0 saturated heterocycles. The van der Waals surface area contributed by atoms with Crippen LogP contribution in [0.3, 0.4) is 0 Å². The fourth-order valence-corrected chi connectivity index (χ4v) is 2.66. The molecule has 26 heavy (non-hydrogen) atoms. The Morgan fingerprint density at radius 1 is 1.04 bits per heavy atom. The highest BCUT2D eigenvalue weighted by Gasteiger charge is 2.37. The first-order chi connectivity index (χ1) is 12.2. The molecule has 1 aliphatic rings. The van der Waals surface area contributed by atoms with Gasteiger partial charge in [0.05, 0.1) is 17.8 Å². The molecule has 0 bridgehead atoms. The first-order valence-corrected chi connectivity index (χ1v) is 7.70. The van der Waals surface area contributed by atoms with E-state index < -0.39 is 23.8 Å². The number of benzene rings is 2. The highest BCUT2D eigenvalue weighted by atomic mass is 19.4. The lowest BCUT2D eigenvalue weighted by molar-refractivity contribution is -0.274.